The van der Waals surface area contributed by atoms with Crippen LogP contribution in [0.5, 0.6) is 11.5 Å². The fraction of sp³-hybridized carbons (Fsp3) is 0.458. The Morgan fingerprint density at radius 2 is 1.74 bits per heavy atom. The van der Waals surface area contributed by atoms with E-state index in [0.29, 0.717) is 22.6 Å². The van der Waals surface area contributed by atoms with Gasteiger partial charge in [0, 0.05) is 17.6 Å². The number of ether oxygens (including phenoxy) is 1. The van der Waals surface area contributed by atoms with Crippen molar-refractivity contribution in [3.63, 3.8) is 0 Å². The van der Waals surface area contributed by atoms with Gasteiger partial charge in [-0.25, -0.2) is 4.79 Å². The van der Waals surface area contributed by atoms with Crippen LogP contribution in [-0.2, 0) is 5.41 Å². The summed E-state index contributed by atoms with van der Waals surface area (Å²) in [4.78, 5) is 12.9. The number of urea groups is 1. The fourth-order valence-electron chi connectivity index (χ4n) is 3.99. The molecule has 0 aromatic heterocycles. The van der Waals surface area contributed by atoms with Gasteiger partial charge in [0.2, 0.25) is 0 Å². The third kappa shape index (κ3) is 5.83. The van der Waals surface area contributed by atoms with Crippen LogP contribution >= 0.6 is 12.4 Å². The van der Waals surface area contributed by atoms with E-state index in [1.54, 1.807) is 7.11 Å². The van der Waals surface area contributed by atoms with Crippen molar-refractivity contribution in [1.82, 2.24) is 5.32 Å². The smallest absolute Gasteiger partial charge is 0.319 e. The van der Waals surface area contributed by atoms with Crippen molar-refractivity contribution in [3.8, 4) is 22.6 Å². The van der Waals surface area contributed by atoms with Gasteiger partial charge >= 0.3 is 6.03 Å². The second-order valence-electron chi connectivity index (χ2n) is 9.05. The molecule has 0 aliphatic heterocycles. The first-order valence-corrected chi connectivity index (χ1v) is 10.5. The number of anilines is 1. The van der Waals surface area contributed by atoms with Crippen LogP contribution in [-0.4, -0.2) is 30.3 Å². The molecule has 2 aromatic rings. The first-order valence-electron chi connectivity index (χ1n) is 10.5. The highest BCUT2D eigenvalue weighted by Crippen LogP contribution is 2.47. The summed E-state index contributed by atoms with van der Waals surface area (Å²) < 4.78 is 5.68. The Hall–Kier alpha value is -2.44. The largest absolute Gasteiger partial charge is 0.505 e. The summed E-state index contributed by atoms with van der Waals surface area (Å²) in [5, 5.41) is 17.1. The molecule has 2 amide bonds. The molecule has 2 aromatic carbocycles. The molecule has 1 fully saturated rings. The number of nitrogens with one attached hydrogen (secondary N) is 2. The Labute approximate surface area is 191 Å². The van der Waals surface area contributed by atoms with Gasteiger partial charge < -0.3 is 26.2 Å². The summed E-state index contributed by atoms with van der Waals surface area (Å²) in [6.07, 6.45) is 3.52. The monoisotopic (exact) mass is 447 g/mol. The van der Waals surface area contributed by atoms with E-state index >= 15 is 0 Å². The van der Waals surface area contributed by atoms with E-state index in [1.807, 2.05) is 57.2 Å². The number of phenols is 1. The second-order valence-corrected chi connectivity index (χ2v) is 9.05. The molecule has 1 saturated carbocycles. The predicted molar refractivity (Wildman–Crippen MR) is 128 cm³/mol. The van der Waals surface area contributed by atoms with E-state index < -0.39 is 0 Å². The van der Waals surface area contributed by atoms with Crippen molar-refractivity contribution in [1.29, 1.82) is 0 Å². The zero-order valence-corrected chi connectivity index (χ0v) is 19.5. The Morgan fingerprint density at radius 1 is 1.13 bits per heavy atom. The minimum Gasteiger partial charge on any atom is -0.505 e. The van der Waals surface area contributed by atoms with Gasteiger partial charge in [-0.1, -0.05) is 51.1 Å². The van der Waals surface area contributed by atoms with Crippen molar-refractivity contribution in [2.24, 2.45) is 5.73 Å². The van der Waals surface area contributed by atoms with Crippen LogP contribution in [0, 0.1) is 0 Å². The number of rotatable bonds is 4. The normalized spacial score (nSPS) is 18.6. The molecular weight excluding hydrogens is 414 g/mol. The lowest BCUT2D eigenvalue weighted by molar-refractivity contribution is 0.242. The molecule has 5 N–H and O–H groups in total. The highest BCUT2D eigenvalue weighted by molar-refractivity contribution is 5.99. The highest BCUT2D eigenvalue weighted by Gasteiger charge is 2.28. The van der Waals surface area contributed by atoms with E-state index in [0.717, 1.165) is 31.2 Å². The molecule has 0 unspecified atom stereocenters. The van der Waals surface area contributed by atoms with Crippen LogP contribution in [0.2, 0.25) is 0 Å². The molecule has 31 heavy (non-hydrogen) atoms. The van der Waals surface area contributed by atoms with E-state index in [-0.39, 0.29) is 41.7 Å². The predicted octanol–water partition coefficient (Wildman–Crippen LogP) is 5.18. The molecule has 0 bridgehead atoms. The minimum atomic E-state index is -0.337. The summed E-state index contributed by atoms with van der Waals surface area (Å²) in [5.74, 6) is 0.658. The van der Waals surface area contributed by atoms with Gasteiger partial charge in [0.05, 0.1) is 18.4 Å². The number of hydrogen-bond donors (Lipinski definition) is 4. The Bertz CT molecular complexity index is 889. The van der Waals surface area contributed by atoms with Crippen molar-refractivity contribution < 1.29 is 14.6 Å². The second kappa shape index (κ2) is 10.2. The maximum atomic E-state index is 12.9. The third-order valence-corrected chi connectivity index (χ3v) is 5.70. The van der Waals surface area contributed by atoms with Gasteiger partial charge in [-0.2, -0.15) is 0 Å². The number of halogens is 1. The first kappa shape index (κ1) is 24.8. The van der Waals surface area contributed by atoms with Crippen molar-refractivity contribution in [2.75, 3.05) is 12.4 Å². The first-order chi connectivity index (χ1) is 14.2. The number of amides is 2. The van der Waals surface area contributed by atoms with Crippen molar-refractivity contribution in [2.45, 2.75) is 64.0 Å². The number of carbonyl (C=O) groups excluding carboxylic acids is 1. The number of benzene rings is 2. The lowest BCUT2D eigenvalue weighted by Crippen LogP contribution is -2.42. The number of methoxy groups -OCH3 is 1. The Balaban J connectivity index is 0.00000341. The molecule has 0 atom stereocenters. The van der Waals surface area contributed by atoms with Crippen molar-refractivity contribution in [3.05, 3.63) is 42.0 Å². The molecule has 0 heterocycles. The zero-order valence-electron chi connectivity index (χ0n) is 18.7. The number of phenolic OH excluding ortho intramolecular Hbond substituents is 1. The molecule has 1 aliphatic rings. The summed E-state index contributed by atoms with van der Waals surface area (Å²) >= 11 is 0. The van der Waals surface area contributed by atoms with Crippen LogP contribution < -0.4 is 21.1 Å². The van der Waals surface area contributed by atoms with Gasteiger partial charge in [0.1, 0.15) is 11.5 Å². The van der Waals surface area contributed by atoms with Crippen LogP contribution in [0.3, 0.4) is 0 Å². The van der Waals surface area contributed by atoms with Crippen LogP contribution in [0.1, 0.15) is 52.0 Å². The van der Waals surface area contributed by atoms with Crippen molar-refractivity contribution >= 4 is 24.1 Å². The number of nitrogens with two attached hydrogens (primary N) is 1. The topological polar surface area (TPSA) is 96.6 Å². The van der Waals surface area contributed by atoms with E-state index in [4.69, 9.17) is 10.5 Å². The summed E-state index contributed by atoms with van der Waals surface area (Å²) in [5.41, 5.74) is 8.21. The minimum absolute atomic E-state index is 0. The van der Waals surface area contributed by atoms with Gasteiger partial charge in [-0.15, -0.1) is 12.4 Å². The molecule has 170 valence electrons. The van der Waals surface area contributed by atoms with Gasteiger partial charge in [0.25, 0.3) is 0 Å². The molecular formula is C24H34ClN3O3. The summed E-state index contributed by atoms with van der Waals surface area (Å²) in [6.45, 7) is 6.04. The number of hydrogen-bond acceptors (Lipinski definition) is 4. The van der Waals surface area contributed by atoms with Crippen LogP contribution in [0.25, 0.3) is 11.1 Å². The van der Waals surface area contributed by atoms with Crippen LogP contribution in [0.15, 0.2) is 36.4 Å². The molecule has 3 rings (SSSR count). The lowest BCUT2D eigenvalue weighted by Gasteiger charge is -2.28. The summed E-state index contributed by atoms with van der Waals surface area (Å²) in [6, 6.07) is 11.4. The molecule has 6 nitrogen and oxygen atoms in total. The van der Waals surface area contributed by atoms with Gasteiger partial charge in [-0.3, -0.25) is 0 Å². The van der Waals surface area contributed by atoms with E-state index in [2.05, 4.69) is 10.6 Å². The Kier molecular flexibility index (Phi) is 8.21. The standard InChI is InChI=1S/C24H33N3O3.ClH/c1-24(2,3)18-14-19(30-4)20(15-8-6-5-7-9-15)21(22(18)28)27-23(29)26-17-12-10-16(25)11-13-17;/h5-9,14,16-17,28H,10-13,25H2,1-4H3,(H2,26,27,29);1H. The highest BCUT2D eigenvalue weighted by atomic mass is 35.5. The summed E-state index contributed by atoms with van der Waals surface area (Å²) in [7, 11) is 1.60. The maximum Gasteiger partial charge on any atom is 0.319 e. The van der Waals surface area contributed by atoms with Gasteiger partial charge in [0.15, 0.2) is 0 Å². The molecule has 7 heteroatoms. The fourth-order valence-corrected chi connectivity index (χ4v) is 3.99. The molecule has 0 saturated heterocycles. The van der Waals surface area contributed by atoms with Gasteiger partial charge in [-0.05, 0) is 42.7 Å². The van der Waals surface area contributed by atoms with E-state index in [9.17, 15) is 9.90 Å². The van der Waals surface area contributed by atoms with E-state index in [1.165, 1.54) is 0 Å². The average Bonchev–Trinajstić information content (AvgIpc) is 2.70. The molecule has 0 radical (unpaired) electrons. The average molecular weight is 448 g/mol. The zero-order chi connectivity index (χ0) is 21.9. The number of aromatic hydroxyl groups is 1. The SMILES string of the molecule is COc1cc(C(C)(C)C)c(O)c(NC(=O)NC2CCC(N)CC2)c1-c1ccccc1.Cl. The molecule has 1 aliphatic carbocycles. The lowest BCUT2D eigenvalue weighted by atomic mass is 9.84. The maximum absolute atomic E-state index is 12.9. The van der Waals surface area contributed by atoms with Crippen LogP contribution in [0.4, 0.5) is 10.5 Å². The Morgan fingerprint density at radius 3 is 2.29 bits per heavy atom. The number of carbonyl (C=O) groups is 1. The quantitative estimate of drug-likeness (QED) is 0.485. The molecule has 0 spiro atoms. The third-order valence-electron chi connectivity index (χ3n) is 5.70.